The number of amides is 1. The van der Waals surface area contributed by atoms with Gasteiger partial charge >= 0.3 is 5.97 Å². The molecule has 2 rings (SSSR count). The average Bonchev–Trinajstić information content (AvgIpc) is 2.44. The van der Waals surface area contributed by atoms with Gasteiger partial charge in [0, 0.05) is 12.6 Å². The molecule has 1 saturated carbocycles. The van der Waals surface area contributed by atoms with Crippen molar-refractivity contribution in [3.05, 3.63) is 35.9 Å². The maximum atomic E-state index is 10.3. The summed E-state index contributed by atoms with van der Waals surface area (Å²) in [5.41, 5.74) is 6.84. The molecule has 0 bridgehead atoms. The van der Waals surface area contributed by atoms with Gasteiger partial charge in [-0.25, -0.2) is 4.79 Å². The Morgan fingerprint density at radius 1 is 1.30 bits per heavy atom. The molecule has 0 radical (unpaired) electrons. The van der Waals surface area contributed by atoms with Crippen LogP contribution in [0.25, 0.3) is 0 Å². The molecule has 1 aromatic rings. The quantitative estimate of drug-likeness (QED) is 0.744. The van der Waals surface area contributed by atoms with Gasteiger partial charge in [0.15, 0.2) is 0 Å². The minimum atomic E-state index is -0.879. The Bertz CT molecular complexity index is 516. The summed E-state index contributed by atoms with van der Waals surface area (Å²) in [7, 11) is 0. The maximum absolute atomic E-state index is 10.3. The number of carboxylic acid groups (broad SMARTS) is 1. The van der Waals surface area contributed by atoms with E-state index >= 15 is 0 Å². The first kappa shape index (κ1) is 19.2. The van der Waals surface area contributed by atoms with E-state index in [-0.39, 0.29) is 11.5 Å². The first-order valence-corrected chi connectivity index (χ1v) is 7.88. The highest BCUT2D eigenvalue weighted by Gasteiger charge is 2.39. The molecule has 1 aliphatic rings. The number of rotatable bonds is 4. The summed E-state index contributed by atoms with van der Waals surface area (Å²) >= 11 is 0. The molecular weight excluding hydrogens is 292 g/mol. The molecule has 0 heterocycles. The third kappa shape index (κ3) is 6.82. The van der Waals surface area contributed by atoms with E-state index in [0.717, 1.165) is 32.2 Å². The van der Waals surface area contributed by atoms with Crippen molar-refractivity contribution >= 4 is 12.4 Å². The Hall–Kier alpha value is -1.88. The van der Waals surface area contributed by atoms with Crippen molar-refractivity contribution < 1.29 is 14.7 Å². The van der Waals surface area contributed by atoms with Crippen LogP contribution in [-0.4, -0.2) is 30.1 Å². The molecule has 1 amide bonds. The molecule has 1 aromatic carbocycles. The molecular formula is C18H28N2O3. The molecule has 128 valence electrons. The Morgan fingerprint density at radius 2 is 1.91 bits per heavy atom. The van der Waals surface area contributed by atoms with Crippen LogP contribution in [-0.2, 0) is 4.79 Å². The normalized spacial score (nSPS) is 25.7. The lowest BCUT2D eigenvalue weighted by molar-refractivity contribution is -0.110. The first-order chi connectivity index (χ1) is 10.7. The van der Waals surface area contributed by atoms with Gasteiger partial charge in [0.05, 0.1) is 5.56 Å². The van der Waals surface area contributed by atoms with E-state index in [1.165, 1.54) is 0 Å². The lowest BCUT2D eigenvalue weighted by atomic mass is 9.63. The van der Waals surface area contributed by atoms with Gasteiger partial charge in [-0.1, -0.05) is 39.0 Å². The predicted octanol–water partition coefficient (Wildman–Crippen LogP) is 2.66. The Morgan fingerprint density at radius 3 is 2.35 bits per heavy atom. The van der Waals surface area contributed by atoms with Crippen LogP contribution in [0.1, 0.15) is 50.4 Å². The zero-order valence-corrected chi connectivity index (χ0v) is 14.2. The lowest BCUT2D eigenvalue weighted by Gasteiger charge is -2.45. The van der Waals surface area contributed by atoms with Gasteiger partial charge < -0.3 is 16.2 Å². The van der Waals surface area contributed by atoms with E-state index < -0.39 is 5.97 Å². The molecule has 1 fully saturated rings. The number of nitrogens with two attached hydrogens (primary N) is 1. The van der Waals surface area contributed by atoms with E-state index in [1.807, 2.05) is 0 Å². The molecule has 23 heavy (non-hydrogen) atoms. The molecule has 5 heteroatoms. The minimum Gasteiger partial charge on any atom is -0.478 e. The summed E-state index contributed by atoms with van der Waals surface area (Å²) in [5.74, 6) is -0.879. The largest absolute Gasteiger partial charge is 0.478 e. The van der Waals surface area contributed by atoms with Crippen LogP contribution >= 0.6 is 0 Å². The van der Waals surface area contributed by atoms with Crippen molar-refractivity contribution in [1.29, 1.82) is 0 Å². The van der Waals surface area contributed by atoms with Gasteiger partial charge in [0.2, 0.25) is 6.41 Å². The SMILES string of the molecule is CC1(C)CC(N)CC(C)(CNC=O)C1.O=C(O)c1ccccc1. The van der Waals surface area contributed by atoms with Crippen molar-refractivity contribution in [2.24, 2.45) is 16.6 Å². The van der Waals surface area contributed by atoms with Gasteiger partial charge in [-0.15, -0.1) is 0 Å². The number of carboxylic acids is 1. The molecule has 0 spiro atoms. The van der Waals surface area contributed by atoms with Crippen LogP contribution in [0.5, 0.6) is 0 Å². The Balaban J connectivity index is 0.000000253. The number of carbonyl (C=O) groups excluding carboxylic acids is 1. The number of benzene rings is 1. The number of hydrogen-bond donors (Lipinski definition) is 3. The minimum absolute atomic E-state index is 0.169. The highest BCUT2D eigenvalue weighted by atomic mass is 16.4. The molecule has 0 aromatic heterocycles. The zero-order valence-electron chi connectivity index (χ0n) is 14.2. The fourth-order valence-electron chi connectivity index (χ4n) is 3.72. The van der Waals surface area contributed by atoms with Gasteiger partial charge in [-0.3, -0.25) is 4.79 Å². The monoisotopic (exact) mass is 320 g/mol. The molecule has 4 N–H and O–H groups in total. The fraction of sp³-hybridized carbons (Fsp3) is 0.556. The third-order valence-corrected chi connectivity index (χ3v) is 4.11. The smallest absolute Gasteiger partial charge is 0.335 e. The van der Waals surface area contributed by atoms with Gasteiger partial charge in [0.1, 0.15) is 0 Å². The van der Waals surface area contributed by atoms with Crippen LogP contribution < -0.4 is 11.1 Å². The maximum Gasteiger partial charge on any atom is 0.335 e. The van der Waals surface area contributed by atoms with Crippen LogP contribution in [0, 0.1) is 10.8 Å². The predicted molar refractivity (Wildman–Crippen MR) is 91.2 cm³/mol. The summed E-state index contributed by atoms with van der Waals surface area (Å²) in [5, 5.41) is 11.2. The third-order valence-electron chi connectivity index (χ3n) is 4.11. The van der Waals surface area contributed by atoms with Crippen LogP contribution in [0.2, 0.25) is 0 Å². The molecule has 0 saturated heterocycles. The van der Waals surface area contributed by atoms with Crippen LogP contribution in [0.4, 0.5) is 0 Å². The van der Waals surface area contributed by atoms with E-state index in [4.69, 9.17) is 10.8 Å². The fourth-order valence-corrected chi connectivity index (χ4v) is 3.72. The second-order valence-corrected chi connectivity index (χ2v) is 7.49. The number of nitrogens with one attached hydrogen (secondary N) is 1. The standard InChI is InChI=1S/C11H22N2O.C7H6O2/c1-10(2)4-9(12)5-11(3,6-10)7-13-8-14;8-7(9)6-4-2-1-3-5-6/h8-9H,4-7,12H2,1-3H3,(H,13,14);1-5H,(H,8,9). The van der Waals surface area contributed by atoms with Crippen LogP contribution in [0.15, 0.2) is 30.3 Å². The molecule has 2 unspecified atom stereocenters. The topological polar surface area (TPSA) is 92.4 Å². The van der Waals surface area contributed by atoms with Gasteiger partial charge in [0.25, 0.3) is 0 Å². The summed E-state index contributed by atoms with van der Waals surface area (Å²) < 4.78 is 0. The summed E-state index contributed by atoms with van der Waals surface area (Å²) in [6.45, 7) is 7.47. The highest BCUT2D eigenvalue weighted by molar-refractivity contribution is 5.87. The summed E-state index contributed by atoms with van der Waals surface area (Å²) in [6, 6.07) is 8.57. The number of aromatic carboxylic acids is 1. The summed E-state index contributed by atoms with van der Waals surface area (Å²) in [4.78, 5) is 20.5. The number of hydrogen-bond acceptors (Lipinski definition) is 3. The second kappa shape index (κ2) is 8.11. The van der Waals surface area contributed by atoms with Crippen molar-refractivity contribution in [2.75, 3.05) is 6.54 Å². The van der Waals surface area contributed by atoms with E-state index in [9.17, 15) is 9.59 Å². The molecule has 2 atom stereocenters. The molecule has 0 aliphatic heterocycles. The number of carbonyl (C=O) groups is 2. The van der Waals surface area contributed by atoms with E-state index in [0.29, 0.717) is 11.0 Å². The van der Waals surface area contributed by atoms with Gasteiger partial charge in [-0.05, 0) is 42.2 Å². The van der Waals surface area contributed by atoms with Crippen LogP contribution in [0.3, 0.4) is 0 Å². The molecule has 5 nitrogen and oxygen atoms in total. The van der Waals surface area contributed by atoms with Crippen molar-refractivity contribution in [3.63, 3.8) is 0 Å². The summed E-state index contributed by atoms with van der Waals surface area (Å²) in [6.07, 6.45) is 4.01. The van der Waals surface area contributed by atoms with Crippen molar-refractivity contribution in [2.45, 2.75) is 46.1 Å². The van der Waals surface area contributed by atoms with Gasteiger partial charge in [-0.2, -0.15) is 0 Å². The van der Waals surface area contributed by atoms with E-state index in [2.05, 4.69) is 26.1 Å². The molecule has 1 aliphatic carbocycles. The lowest BCUT2D eigenvalue weighted by Crippen LogP contribution is -2.46. The highest BCUT2D eigenvalue weighted by Crippen LogP contribution is 2.44. The van der Waals surface area contributed by atoms with Crippen molar-refractivity contribution in [3.8, 4) is 0 Å². The Labute approximate surface area is 138 Å². The second-order valence-electron chi connectivity index (χ2n) is 7.49. The Kier molecular flexibility index (Phi) is 6.76. The first-order valence-electron chi connectivity index (χ1n) is 7.88. The zero-order chi connectivity index (χ0) is 17.5. The van der Waals surface area contributed by atoms with E-state index in [1.54, 1.807) is 30.3 Å². The van der Waals surface area contributed by atoms with Crippen molar-refractivity contribution in [1.82, 2.24) is 5.32 Å². The average molecular weight is 320 g/mol.